The molecule has 0 radical (unpaired) electrons. The predicted molar refractivity (Wildman–Crippen MR) is 119 cm³/mol. The average Bonchev–Trinajstić information content (AvgIpc) is 3.24. The molecule has 5 rings (SSSR count). The van der Waals surface area contributed by atoms with Crippen LogP contribution in [0.1, 0.15) is 25.7 Å². The summed E-state index contributed by atoms with van der Waals surface area (Å²) in [6.07, 6.45) is 4.93. The minimum Gasteiger partial charge on any atom is -0.382 e. The fourth-order valence-corrected chi connectivity index (χ4v) is 5.73. The Morgan fingerprint density at radius 1 is 0.968 bits per heavy atom. The van der Waals surface area contributed by atoms with Gasteiger partial charge in [0.05, 0.1) is 5.52 Å². The second-order valence-corrected chi connectivity index (χ2v) is 9.84. The summed E-state index contributed by atoms with van der Waals surface area (Å²) in [5.41, 5.74) is 2.52. The summed E-state index contributed by atoms with van der Waals surface area (Å²) in [5, 5.41) is 12.7. The third kappa shape index (κ3) is 4.08. The molecule has 0 spiro atoms. The van der Waals surface area contributed by atoms with E-state index < -0.39 is 10.0 Å². The lowest BCUT2D eigenvalue weighted by Gasteiger charge is -2.30. The maximum Gasteiger partial charge on any atom is 0.243 e. The number of pyridine rings is 1. The van der Waals surface area contributed by atoms with E-state index in [1.54, 1.807) is 18.3 Å². The van der Waals surface area contributed by atoms with Crippen molar-refractivity contribution >= 4 is 49.2 Å². The summed E-state index contributed by atoms with van der Waals surface area (Å²) in [7, 11) is -3.72. The Kier molecular flexibility index (Phi) is 5.25. The molecule has 31 heavy (non-hydrogen) atoms. The van der Waals surface area contributed by atoms with Crippen LogP contribution in [0.2, 0.25) is 5.02 Å². The van der Waals surface area contributed by atoms with Crippen LogP contribution in [0.4, 0.5) is 5.69 Å². The van der Waals surface area contributed by atoms with E-state index in [0.29, 0.717) is 10.5 Å². The molecule has 1 fully saturated rings. The van der Waals surface area contributed by atoms with Crippen molar-refractivity contribution in [1.82, 2.24) is 20.0 Å². The first-order valence-corrected chi connectivity index (χ1v) is 11.9. The Morgan fingerprint density at radius 3 is 2.61 bits per heavy atom. The zero-order valence-electron chi connectivity index (χ0n) is 16.5. The quantitative estimate of drug-likeness (QED) is 0.463. The molecule has 2 aromatic carbocycles. The molecular formula is C21H20ClN5O3S. The largest absolute Gasteiger partial charge is 0.382 e. The number of sulfonamides is 1. The van der Waals surface area contributed by atoms with E-state index in [4.69, 9.17) is 11.6 Å². The number of hydrogen-bond donors (Lipinski definition) is 2. The minimum atomic E-state index is -3.72. The first kappa shape index (κ1) is 20.2. The first-order valence-electron chi connectivity index (χ1n) is 10.0. The van der Waals surface area contributed by atoms with E-state index in [9.17, 15) is 8.42 Å². The molecule has 2 N–H and O–H groups in total. The highest BCUT2D eigenvalue weighted by Gasteiger charge is 2.28. The smallest absolute Gasteiger partial charge is 0.243 e. The summed E-state index contributed by atoms with van der Waals surface area (Å²) >= 11 is 6.07. The van der Waals surface area contributed by atoms with E-state index in [1.807, 2.05) is 24.3 Å². The van der Waals surface area contributed by atoms with Crippen LogP contribution in [0, 0.1) is 0 Å². The fourth-order valence-electron chi connectivity index (χ4n) is 4.10. The summed E-state index contributed by atoms with van der Waals surface area (Å²) < 4.78 is 33.3. The van der Waals surface area contributed by atoms with Gasteiger partial charge in [0, 0.05) is 34.4 Å². The Balaban J connectivity index is 1.25. The molecule has 4 aromatic rings. The second-order valence-electron chi connectivity index (χ2n) is 7.72. The fraction of sp³-hybridized carbons (Fsp3) is 0.286. The van der Waals surface area contributed by atoms with Gasteiger partial charge in [-0.25, -0.2) is 17.8 Å². The molecular weight excluding hydrogens is 438 g/mol. The molecule has 1 aliphatic rings. The Morgan fingerprint density at radius 2 is 1.77 bits per heavy atom. The maximum absolute atomic E-state index is 12.9. The molecule has 2 heterocycles. The van der Waals surface area contributed by atoms with Gasteiger partial charge in [0.25, 0.3) is 0 Å². The van der Waals surface area contributed by atoms with Crippen molar-refractivity contribution in [2.24, 2.45) is 0 Å². The molecule has 0 atom stereocenters. The van der Waals surface area contributed by atoms with E-state index in [2.05, 4.69) is 30.0 Å². The highest BCUT2D eigenvalue weighted by atomic mass is 35.5. The molecule has 8 nitrogen and oxygen atoms in total. The van der Waals surface area contributed by atoms with E-state index in [1.165, 1.54) is 6.07 Å². The molecule has 0 amide bonds. The Bertz CT molecular complexity index is 1350. The van der Waals surface area contributed by atoms with Crippen LogP contribution in [0.25, 0.3) is 21.9 Å². The minimum absolute atomic E-state index is 0.0911. The van der Waals surface area contributed by atoms with Crippen LogP contribution in [0.3, 0.4) is 0 Å². The molecule has 0 unspecified atom stereocenters. The zero-order valence-corrected chi connectivity index (χ0v) is 18.0. The number of nitrogens with zero attached hydrogens (tertiary/aromatic N) is 3. The lowest BCUT2D eigenvalue weighted by Crippen LogP contribution is -2.40. The zero-order chi connectivity index (χ0) is 21.4. The highest BCUT2D eigenvalue weighted by molar-refractivity contribution is 7.89. The number of fused-ring (bicyclic) bond motifs is 2. The van der Waals surface area contributed by atoms with Crippen LogP contribution < -0.4 is 10.0 Å². The first-order chi connectivity index (χ1) is 15.0. The molecule has 1 saturated carbocycles. The number of halogens is 1. The van der Waals surface area contributed by atoms with Gasteiger partial charge in [0.1, 0.15) is 10.4 Å². The SMILES string of the molecule is O=S(=O)(N[C@H]1CC[C@@H](Nc2ccnc3cc(Cl)ccc23)CC1)c1cccc2nonc12. The average molecular weight is 458 g/mol. The summed E-state index contributed by atoms with van der Waals surface area (Å²) in [6.45, 7) is 0. The monoisotopic (exact) mass is 457 g/mol. The van der Waals surface area contributed by atoms with E-state index in [0.717, 1.165) is 42.3 Å². The standard InChI is InChI=1S/C21H20ClN5O3S/c22-13-4-9-16-17(10-11-23-19(16)12-13)24-14-5-7-15(8-6-14)27-31(28,29)20-3-1-2-18-21(20)26-30-25-18/h1-4,9-12,14-15,27H,5-8H2,(H,23,24)/t14-,15+. The van der Waals surface area contributed by atoms with Crippen LogP contribution >= 0.6 is 11.6 Å². The van der Waals surface area contributed by atoms with Crippen LogP contribution in [0.5, 0.6) is 0 Å². The van der Waals surface area contributed by atoms with Gasteiger partial charge in [0.15, 0.2) is 5.52 Å². The van der Waals surface area contributed by atoms with Gasteiger partial charge in [-0.2, -0.15) is 0 Å². The second kappa shape index (κ2) is 8.07. The summed E-state index contributed by atoms with van der Waals surface area (Å²) in [4.78, 5) is 4.47. The molecule has 2 aromatic heterocycles. The van der Waals surface area contributed by atoms with Crippen molar-refractivity contribution in [3.8, 4) is 0 Å². The van der Waals surface area contributed by atoms with Crippen molar-refractivity contribution in [1.29, 1.82) is 0 Å². The van der Waals surface area contributed by atoms with Gasteiger partial charge >= 0.3 is 0 Å². The molecule has 0 saturated heterocycles. The Hall–Kier alpha value is -2.75. The number of hydrogen-bond acceptors (Lipinski definition) is 7. The number of anilines is 1. The van der Waals surface area contributed by atoms with Crippen molar-refractivity contribution < 1.29 is 13.0 Å². The number of nitrogens with one attached hydrogen (secondary N) is 2. The summed E-state index contributed by atoms with van der Waals surface area (Å²) in [6, 6.07) is 12.6. The molecule has 0 bridgehead atoms. The molecule has 1 aliphatic carbocycles. The molecule has 10 heteroatoms. The highest BCUT2D eigenvalue weighted by Crippen LogP contribution is 2.29. The third-order valence-electron chi connectivity index (χ3n) is 5.65. The van der Waals surface area contributed by atoms with Crippen LogP contribution in [-0.4, -0.2) is 35.8 Å². The third-order valence-corrected chi connectivity index (χ3v) is 7.44. The van der Waals surface area contributed by atoms with Gasteiger partial charge in [-0.05, 0) is 72.4 Å². The summed E-state index contributed by atoms with van der Waals surface area (Å²) in [5.74, 6) is 0. The lowest BCUT2D eigenvalue weighted by molar-refractivity contribution is 0.315. The van der Waals surface area contributed by atoms with Crippen LogP contribution in [-0.2, 0) is 10.0 Å². The molecule has 160 valence electrons. The van der Waals surface area contributed by atoms with Gasteiger partial charge in [0.2, 0.25) is 10.0 Å². The van der Waals surface area contributed by atoms with Gasteiger partial charge < -0.3 is 5.32 Å². The predicted octanol–water partition coefficient (Wildman–Crippen LogP) is 4.13. The van der Waals surface area contributed by atoms with Crippen molar-refractivity contribution in [2.75, 3.05) is 5.32 Å². The number of benzene rings is 2. The maximum atomic E-state index is 12.9. The van der Waals surface area contributed by atoms with Crippen molar-refractivity contribution in [2.45, 2.75) is 42.7 Å². The van der Waals surface area contributed by atoms with Gasteiger partial charge in [-0.1, -0.05) is 17.7 Å². The number of aromatic nitrogens is 3. The van der Waals surface area contributed by atoms with E-state index >= 15 is 0 Å². The Labute approximate surface area is 184 Å². The van der Waals surface area contributed by atoms with Crippen molar-refractivity contribution in [3.05, 3.63) is 53.7 Å². The van der Waals surface area contributed by atoms with Crippen molar-refractivity contribution in [3.63, 3.8) is 0 Å². The lowest BCUT2D eigenvalue weighted by atomic mass is 9.91. The van der Waals surface area contributed by atoms with E-state index in [-0.39, 0.29) is 22.5 Å². The normalized spacial score (nSPS) is 19.6. The van der Waals surface area contributed by atoms with Gasteiger partial charge in [-0.3, -0.25) is 4.98 Å². The molecule has 0 aliphatic heterocycles. The topological polar surface area (TPSA) is 110 Å². The van der Waals surface area contributed by atoms with Crippen LogP contribution in [0.15, 0.2) is 58.2 Å². The number of rotatable bonds is 5. The van der Waals surface area contributed by atoms with Gasteiger partial charge in [-0.15, -0.1) is 0 Å².